The molecule has 1 unspecified atom stereocenters. The van der Waals surface area contributed by atoms with E-state index in [9.17, 15) is 9.50 Å². The molecule has 0 saturated heterocycles. The Kier molecular flexibility index (Phi) is 3.54. The first-order valence-corrected chi connectivity index (χ1v) is 6.56. The topological polar surface area (TPSA) is 42.4 Å². The summed E-state index contributed by atoms with van der Waals surface area (Å²) in [5, 5.41) is 11.3. The Morgan fingerprint density at radius 2 is 2.00 bits per heavy atom. The Morgan fingerprint density at radius 3 is 2.81 bits per heavy atom. The minimum Gasteiger partial charge on any atom is -0.494 e. The van der Waals surface area contributed by atoms with Gasteiger partial charge in [-0.3, -0.25) is 4.98 Å². The zero-order valence-electron chi connectivity index (χ0n) is 11.5. The third-order valence-corrected chi connectivity index (χ3v) is 3.45. The SMILES string of the molecule is COc1cccc(C(O)c2ccc3ncccc3c2)c1F. The molecule has 1 aromatic heterocycles. The lowest BCUT2D eigenvalue weighted by atomic mass is 9.99. The van der Waals surface area contributed by atoms with Crippen LogP contribution in [0.4, 0.5) is 4.39 Å². The van der Waals surface area contributed by atoms with Gasteiger partial charge >= 0.3 is 0 Å². The summed E-state index contributed by atoms with van der Waals surface area (Å²) in [5.41, 5.74) is 1.64. The number of methoxy groups -OCH3 is 1. The standard InChI is InChI=1S/C17H14FNO2/c1-21-15-6-2-5-13(16(15)18)17(20)12-7-8-14-11(10-12)4-3-9-19-14/h2-10,17,20H,1H3. The number of rotatable bonds is 3. The molecule has 1 atom stereocenters. The molecule has 0 bridgehead atoms. The van der Waals surface area contributed by atoms with Crippen LogP contribution >= 0.6 is 0 Å². The van der Waals surface area contributed by atoms with Crippen molar-refractivity contribution >= 4 is 10.9 Å². The van der Waals surface area contributed by atoms with Crippen LogP contribution in [0.15, 0.2) is 54.7 Å². The molecule has 1 N–H and O–H groups in total. The molecule has 0 saturated carbocycles. The van der Waals surface area contributed by atoms with E-state index in [1.54, 1.807) is 24.4 Å². The summed E-state index contributed by atoms with van der Waals surface area (Å²) in [6.07, 6.45) is 0.657. The van der Waals surface area contributed by atoms with Crippen molar-refractivity contribution in [1.29, 1.82) is 0 Å². The number of pyridine rings is 1. The van der Waals surface area contributed by atoms with Gasteiger partial charge in [0.15, 0.2) is 11.6 Å². The number of nitrogens with zero attached hydrogens (tertiary/aromatic N) is 1. The van der Waals surface area contributed by atoms with E-state index in [-0.39, 0.29) is 11.3 Å². The molecule has 0 radical (unpaired) electrons. The second kappa shape index (κ2) is 5.50. The number of benzene rings is 2. The molecular formula is C17H14FNO2. The predicted octanol–water partition coefficient (Wildman–Crippen LogP) is 3.46. The second-order valence-electron chi connectivity index (χ2n) is 4.72. The average Bonchev–Trinajstić information content (AvgIpc) is 2.54. The summed E-state index contributed by atoms with van der Waals surface area (Å²) in [4.78, 5) is 4.22. The van der Waals surface area contributed by atoms with Gasteiger partial charge in [-0.15, -0.1) is 0 Å². The minimum atomic E-state index is -1.05. The van der Waals surface area contributed by atoms with Crippen LogP contribution in [-0.2, 0) is 0 Å². The molecule has 3 aromatic rings. The van der Waals surface area contributed by atoms with Crippen LogP contribution in [0.25, 0.3) is 10.9 Å². The van der Waals surface area contributed by atoms with Crippen LogP contribution < -0.4 is 4.74 Å². The van der Waals surface area contributed by atoms with Gasteiger partial charge in [-0.25, -0.2) is 4.39 Å². The lowest BCUT2D eigenvalue weighted by Crippen LogP contribution is -2.04. The first-order chi connectivity index (χ1) is 10.2. The molecule has 106 valence electrons. The molecule has 3 rings (SSSR count). The number of aliphatic hydroxyl groups excluding tert-OH is 1. The molecule has 1 heterocycles. The lowest BCUT2D eigenvalue weighted by Gasteiger charge is -2.14. The van der Waals surface area contributed by atoms with Crippen LogP contribution in [-0.4, -0.2) is 17.2 Å². The highest BCUT2D eigenvalue weighted by molar-refractivity contribution is 5.79. The average molecular weight is 283 g/mol. The Hall–Kier alpha value is -2.46. The highest BCUT2D eigenvalue weighted by atomic mass is 19.1. The van der Waals surface area contributed by atoms with E-state index in [2.05, 4.69) is 4.98 Å². The highest BCUT2D eigenvalue weighted by Gasteiger charge is 2.18. The number of aliphatic hydroxyl groups is 1. The van der Waals surface area contributed by atoms with Crippen LogP contribution in [0, 0.1) is 5.82 Å². The van der Waals surface area contributed by atoms with E-state index in [1.165, 1.54) is 13.2 Å². The normalized spacial score (nSPS) is 12.3. The molecular weight excluding hydrogens is 269 g/mol. The molecule has 0 aliphatic carbocycles. The van der Waals surface area contributed by atoms with Gasteiger partial charge in [0.2, 0.25) is 0 Å². The van der Waals surface area contributed by atoms with Gasteiger partial charge in [0.25, 0.3) is 0 Å². The Bertz CT molecular complexity index is 789. The first kappa shape index (κ1) is 13.5. The smallest absolute Gasteiger partial charge is 0.171 e. The lowest BCUT2D eigenvalue weighted by molar-refractivity contribution is 0.213. The Labute approximate surface area is 121 Å². The highest BCUT2D eigenvalue weighted by Crippen LogP contribution is 2.30. The van der Waals surface area contributed by atoms with E-state index in [1.807, 2.05) is 24.3 Å². The second-order valence-corrected chi connectivity index (χ2v) is 4.72. The fraction of sp³-hybridized carbons (Fsp3) is 0.118. The Morgan fingerprint density at radius 1 is 1.14 bits per heavy atom. The number of halogens is 1. The van der Waals surface area contributed by atoms with Gasteiger partial charge in [0.1, 0.15) is 6.10 Å². The van der Waals surface area contributed by atoms with E-state index in [0.29, 0.717) is 5.56 Å². The van der Waals surface area contributed by atoms with E-state index >= 15 is 0 Å². The van der Waals surface area contributed by atoms with E-state index in [0.717, 1.165) is 10.9 Å². The van der Waals surface area contributed by atoms with Crippen molar-refractivity contribution in [2.45, 2.75) is 6.10 Å². The molecule has 4 heteroatoms. The maximum atomic E-state index is 14.2. The van der Waals surface area contributed by atoms with Crippen molar-refractivity contribution in [3.63, 3.8) is 0 Å². The van der Waals surface area contributed by atoms with Gasteiger partial charge in [-0.2, -0.15) is 0 Å². The summed E-state index contributed by atoms with van der Waals surface area (Å²) in [6, 6.07) is 13.8. The van der Waals surface area contributed by atoms with Crippen molar-refractivity contribution in [3.8, 4) is 5.75 Å². The molecule has 0 fully saturated rings. The van der Waals surface area contributed by atoms with Crippen molar-refractivity contribution < 1.29 is 14.2 Å². The number of ether oxygens (including phenoxy) is 1. The molecule has 0 aliphatic rings. The molecule has 0 spiro atoms. The molecule has 21 heavy (non-hydrogen) atoms. The van der Waals surface area contributed by atoms with Crippen molar-refractivity contribution in [3.05, 3.63) is 71.7 Å². The Balaban J connectivity index is 2.06. The van der Waals surface area contributed by atoms with Crippen molar-refractivity contribution in [2.24, 2.45) is 0 Å². The number of hydrogen-bond donors (Lipinski definition) is 1. The van der Waals surface area contributed by atoms with Crippen molar-refractivity contribution in [2.75, 3.05) is 7.11 Å². The largest absolute Gasteiger partial charge is 0.494 e. The predicted molar refractivity (Wildman–Crippen MR) is 78.8 cm³/mol. The summed E-state index contributed by atoms with van der Waals surface area (Å²) in [7, 11) is 1.40. The third-order valence-electron chi connectivity index (χ3n) is 3.45. The first-order valence-electron chi connectivity index (χ1n) is 6.56. The summed E-state index contributed by atoms with van der Waals surface area (Å²) < 4.78 is 19.2. The summed E-state index contributed by atoms with van der Waals surface area (Å²) in [6.45, 7) is 0. The van der Waals surface area contributed by atoms with Gasteiger partial charge in [0.05, 0.1) is 12.6 Å². The molecule has 0 aliphatic heterocycles. The fourth-order valence-corrected chi connectivity index (χ4v) is 2.34. The van der Waals surface area contributed by atoms with Gasteiger partial charge in [-0.1, -0.05) is 24.3 Å². The van der Waals surface area contributed by atoms with Crippen LogP contribution in [0.3, 0.4) is 0 Å². The van der Waals surface area contributed by atoms with Gasteiger partial charge in [-0.05, 0) is 29.8 Å². The van der Waals surface area contributed by atoms with Crippen LogP contribution in [0.1, 0.15) is 17.2 Å². The van der Waals surface area contributed by atoms with Gasteiger partial charge < -0.3 is 9.84 Å². The number of fused-ring (bicyclic) bond motifs is 1. The van der Waals surface area contributed by atoms with E-state index < -0.39 is 11.9 Å². The number of aromatic nitrogens is 1. The van der Waals surface area contributed by atoms with Crippen molar-refractivity contribution in [1.82, 2.24) is 4.98 Å². The maximum Gasteiger partial charge on any atom is 0.171 e. The third kappa shape index (κ3) is 2.45. The monoisotopic (exact) mass is 283 g/mol. The summed E-state index contributed by atoms with van der Waals surface area (Å²) in [5.74, 6) is -0.423. The van der Waals surface area contributed by atoms with Gasteiger partial charge in [0, 0.05) is 17.1 Å². The maximum absolute atomic E-state index is 14.2. The molecule has 2 aromatic carbocycles. The fourth-order valence-electron chi connectivity index (χ4n) is 2.34. The minimum absolute atomic E-state index is 0.119. The molecule has 3 nitrogen and oxygen atoms in total. The quantitative estimate of drug-likeness (QED) is 0.800. The van der Waals surface area contributed by atoms with E-state index in [4.69, 9.17) is 4.74 Å². The molecule has 0 amide bonds. The zero-order chi connectivity index (χ0) is 14.8. The number of hydrogen-bond acceptors (Lipinski definition) is 3. The zero-order valence-corrected chi connectivity index (χ0v) is 11.5. The summed E-state index contributed by atoms with van der Waals surface area (Å²) >= 11 is 0. The van der Waals surface area contributed by atoms with Crippen LogP contribution in [0.2, 0.25) is 0 Å². The van der Waals surface area contributed by atoms with Crippen LogP contribution in [0.5, 0.6) is 5.75 Å².